The minimum Gasteiger partial charge on any atom is -0.999 e. The minimum atomic E-state index is -0.556. The van der Waals surface area contributed by atoms with Gasteiger partial charge in [0.25, 0.3) is 0 Å². The Kier molecular flexibility index (Phi) is 12.0. The van der Waals surface area contributed by atoms with E-state index >= 15 is 0 Å². The Hall–Kier alpha value is -0.00571. The van der Waals surface area contributed by atoms with E-state index in [1.807, 2.05) is 30.3 Å². The molecule has 0 aliphatic rings. The second-order valence-electron chi connectivity index (χ2n) is 1.72. The van der Waals surface area contributed by atoms with Gasteiger partial charge in [-0.1, -0.05) is 0 Å². The molecule has 3 heteroatoms. The summed E-state index contributed by atoms with van der Waals surface area (Å²) in [6, 6.07) is 22.0. The standard InChI is InChI=1S/C5H5.C5H.2ClH.Ti/c2*1-2-4-5-3-1;;;/h1-5H;1H;2*1H;/q-1;-5;;;+2/p-2. The fourth-order valence-electron chi connectivity index (χ4n) is 0.501. The minimum absolute atomic E-state index is 0.556. The summed E-state index contributed by atoms with van der Waals surface area (Å²) in [5.74, 6) is 0. The Morgan fingerprint density at radius 3 is 1.62 bits per heavy atom. The van der Waals surface area contributed by atoms with Gasteiger partial charge in [-0.25, -0.2) is 12.1 Å². The average Bonchev–Trinajstić information content (AvgIpc) is 2.85. The summed E-state index contributed by atoms with van der Waals surface area (Å²) in [6.07, 6.45) is 0. The van der Waals surface area contributed by atoms with E-state index in [0.717, 1.165) is 0 Å². The maximum absolute atomic E-state index is 4.89. The monoisotopic (exact) mass is 244 g/mol. The number of hydrogen-bond donors (Lipinski definition) is 0. The third kappa shape index (κ3) is 12.0. The zero-order chi connectivity index (χ0) is 9.78. The van der Waals surface area contributed by atoms with Gasteiger partial charge in [0.15, 0.2) is 0 Å². The Morgan fingerprint density at radius 2 is 1.46 bits per heavy atom. The molecule has 0 bridgehead atoms. The molecule has 0 aliphatic heterocycles. The Balaban J connectivity index is 0.000000174. The van der Waals surface area contributed by atoms with Crippen LogP contribution in [0.1, 0.15) is 0 Å². The van der Waals surface area contributed by atoms with Crippen molar-refractivity contribution in [3.63, 3.8) is 0 Å². The van der Waals surface area contributed by atoms with Crippen molar-refractivity contribution < 1.29 is 17.0 Å². The zero-order valence-electron chi connectivity index (χ0n) is 6.72. The molecule has 13 heavy (non-hydrogen) atoms. The average molecular weight is 245 g/mol. The summed E-state index contributed by atoms with van der Waals surface area (Å²) >= 11 is -0.556. The first kappa shape index (κ1) is 13.0. The predicted molar refractivity (Wildman–Crippen MR) is 51.1 cm³/mol. The topological polar surface area (TPSA) is 0 Å². The van der Waals surface area contributed by atoms with Gasteiger partial charge < -0.3 is 30.3 Å². The van der Waals surface area contributed by atoms with E-state index in [-0.39, 0.29) is 0 Å². The summed E-state index contributed by atoms with van der Waals surface area (Å²) in [5.41, 5.74) is 0. The van der Waals surface area contributed by atoms with E-state index in [1.54, 1.807) is 6.07 Å². The van der Waals surface area contributed by atoms with E-state index in [4.69, 9.17) is 18.6 Å². The fraction of sp³-hybridized carbons (Fsp3) is 0. The molecule has 0 aliphatic carbocycles. The SMILES string of the molecule is [Cl][Ti][Cl].[c-]1[c-][c-][cH-][c-]1.c1cc[cH-]c1. The van der Waals surface area contributed by atoms with E-state index in [0.29, 0.717) is 0 Å². The molecule has 0 radical (unpaired) electrons. The molecule has 0 spiro atoms. The molecule has 0 aromatic heterocycles. The van der Waals surface area contributed by atoms with Crippen LogP contribution in [-0.4, -0.2) is 0 Å². The van der Waals surface area contributed by atoms with Crippen molar-refractivity contribution in [1.29, 1.82) is 0 Å². The van der Waals surface area contributed by atoms with Gasteiger partial charge in [0.2, 0.25) is 0 Å². The molecule has 0 atom stereocenters. The maximum atomic E-state index is 4.89. The zero-order valence-corrected chi connectivity index (χ0v) is 9.79. The molecular weight excluding hydrogens is 239 g/mol. The maximum Gasteiger partial charge on any atom is -0.172 e. The van der Waals surface area contributed by atoms with Gasteiger partial charge in [-0.05, 0) is 0 Å². The molecule has 0 fully saturated rings. The van der Waals surface area contributed by atoms with Crippen molar-refractivity contribution in [1.82, 2.24) is 0 Å². The number of halogens is 2. The van der Waals surface area contributed by atoms with Crippen LogP contribution in [0.25, 0.3) is 0 Å². The van der Waals surface area contributed by atoms with E-state index in [1.165, 1.54) is 0 Å². The predicted octanol–water partition coefficient (Wildman–Crippen LogP) is 3.39. The van der Waals surface area contributed by atoms with Crippen molar-refractivity contribution in [3.05, 3.63) is 60.7 Å². The van der Waals surface area contributed by atoms with Crippen molar-refractivity contribution in [3.8, 4) is 0 Å². The van der Waals surface area contributed by atoms with Crippen LogP contribution in [0.15, 0.2) is 36.4 Å². The summed E-state index contributed by atoms with van der Waals surface area (Å²) < 4.78 is 0. The van der Waals surface area contributed by atoms with Gasteiger partial charge in [0.1, 0.15) is 0 Å². The van der Waals surface area contributed by atoms with Crippen LogP contribution >= 0.6 is 18.6 Å². The van der Waals surface area contributed by atoms with Crippen LogP contribution in [0.2, 0.25) is 0 Å². The largest absolute Gasteiger partial charge is 0.999 e. The molecule has 0 N–H and O–H groups in total. The van der Waals surface area contributed by atoms with Gasteiger partial charge in [0, 0.05) is 0 Å². The van der Waals surface area contributed by atoms with Gasteiger partial charge in [-0.15, -0.1) is 0 Å². The van der Waals surface area contributed by atoms with Gasteiger partial charge in [-0.2, -0.15) is 18.2 Å². The molecular formula is C10H6Cl2Ti-6. The third-order valence-electron chi connectivity index (χ3n) is 0.907. The first-order chi connectivity index (χ1) is 6.41. The van der Waals surface area contributed by atoms with Crippen LogP contribution in [0, 0.1) is 24.3 Å². The normalized spacial score (nSPS) is 7.23. The van der Waals surface area contributed by atoms with Crippen molar-refractivity contribution in [2.45, 2.75) is 0 Å². The molecule has 2 aromatic carbocycles. The van der Waals surface area contributed by atoms with Gasteiger partial charge in [-0.3, -0.25) is 0 Å². The van der Waals surface area contributed by atoms with Gasteiger partial charge >= 0.3 is 35.6 Å². The molecule has 0 saturated heterocycles. The quantitative estimate of drug-likeness (QED) is 0.493. The second-order valence-corrected chi connectivity index (χ2v) is 4.30. The molecule has 0 heterocycles. The number of rotatable bonds is 0. The fourth-order valence-corrected chi connectivity index (χ4v) is 0.501. The van der Waals surface area contributed by atoms with Crippen molar-refractivity contribution in [2.75, 3.05) is 0 Å². The summed E-state index contributed by atoms with van der Waals surface area (Å²) in [5, 5.41) is 0. The number of hydrogen-bond acceptors (Lipinski definition) is 0. The molecule has 2 rings (SSSR count). The van der Waals surface area contributed by atoms with Crippen LogP contribution in [-0.2, 0) is 17.0 Å². The first-order valence-corrected chi connectivity index (χ1v) is 7.67. The van der Waals surface area contributed by atoms with Gasteiger partial charge in [0.05, 0.1) is 0 Å². The van der Waals surface area contributed by atoms with Crippen LogP contribution < -0.4 is 0 Å². The summed E-state index contributed by atoms with van der Waals surface area (Å²) in [4.78, 5) is 0. The molecule has 0 amide bonds. The van der Waals surface area contributed by atoms with Crippen molar-refractivity contribution in [2.24, 2.45) is 0 Å². The molecule has 0 saturated carbocycles. The van der Waals surface area contributed by atoms with E-state index < -0.39 is 17.0 Å². The van der Waals surface area contributed by atoms with Crippen molar-refractivity contribution >= 4 is 18.6 Å². The summed E-state index contributed by atoms with van der Waals surface area (Å²) in [6.45, 7) is 0. The Morgan fingerprint density at radius 1 is 1.00 bits per heavy atom. The first-order valence-electron chi connectivity index (χ1n) is 3.37. The second kappa shape index (κ2) is 12.0. The third-order valence-corrected chi connectivity index (χ3v) is 0.907. The molecule has 2 aromatic rings. The molecule has 0 nitrogen and oxygen atoms in total. The van der Waals surface area contributed by atoms with Crippen LogP contribution in [0.3, 0.4) is 0 Å². The van der Waals surface area contributed by atoms with E-state index in [2.05, 4.69) is 24.3 Å². The molecule has 0 unspecified atom stereocenters. The smallest absolute Gasteiger partial charge is 0.172 e. The summed E-state index contributed by atoms with van der Waals surface area (Å²) in [7, 11) is 9.78. The van der Waals surface area contributed by atoms with Crippen LogP contribution in [0.4, 0.5) is 0 Å². The van der Waals surface area contributed by atoms with E-state index in [9.17, 15) is 0 Å². The van der Waals surface area contributed by atoms with Crippen LogP contribution in [0.5, 0.6) is 0 Å². The Labute approximate surface area is 95.9 Å². The molecule has 70 valence electrons. The Bertz CT molecular complexity index is 165.